The Balaban J connectivity index is 2.23. The summed E-state index contributed by atoms with van der Waals surface area (Å²) in [6.07, 6.45) is 1.05. The quantitative estimate of drug-likeness (QED) is 0.810. The van der Waals surface area contributed by atoms with Crippen LogP contribution >= 0.6 is 11.6 Å². The van der Waals surface area contributed by atoms with E-state index in [0.29, 0.717) is 16.1 Å². The van der Waals surface area contributed by atoms with Gasteiger partial charge >= 0.3 is 0 Å². The number of benzene rings is 2. The molecule has 0 heterocycles. The van der Waals surface area contributed by atoms with Gasteiger partial charge in [-0.2, -0.15) is 0 Å². The minimum absolute atomic E-state index is 0.0468. The minimum atomic E-state index is -3.30. The van der Waals surface area contributed by atoms with Gasteiger partial charge in [-0.15, -0.1) is 0 Å². The van der Waals surface area contributed by atoms with Crippen LogP contribution < -0.4 is 0 Å². The number of halogens is 2. The predicted molar refractivity (Wildman–Crippen MR) is 79.0 cm³/mol. The molecule has 2 aromatic carbocycles. The molecule has 2 aromatic rings. The van der Waals surface area contributed by atoms with E-state index < -0.39 is 15.7 Å². The van der Waals surface area contributed by atoms with E-state index in [1.54, 1.807) is 0 Å². The fourth-order valence-corrected chi connectivity index (χ4v) is 2.66. The molecule has 0 saturated heterocycles. The normalized spacial score (nSPS) is 11.4. The maximum absolute atomic E-state index is 13.1. The largest absolute Gasteiger partial charge is 0.294 e. The third kappa shape index (κ3) is 3.89. The van der Waals surface area contributed by atoms with Crippen LogP contribution in [0.5, 0.6) is 0 Å². The maximum Gasteiger partial charge on any atom is 0.175 e. The molecule has 0 unspecified atom stereocenters. The molecule has 0 aliphatic rings. The van der Waals surface area contributed by atoms with E-state index >= 15 is 0 Å². The molecule has 0 saturated carbocycles. The van der Waals surface area contributed by atoms with Crippen molar-refractivity contribution in [2.75, 3.05) is 6.26 Å². The molecule has 21 heavy (non-hydrogen) atoms. The summed E-state index contributed by atoms with van der Waals surface area (Å²) < 4.78 is 35.8. The van der Waals surface area contributed by atoms with Crippen LogP contribution in [0.25, 0.3) is 0 Å². The Hall–Kier alpha value is -1.72. The lowest BCUT2D eigenvalue weighted by Crippen LogP contribution is -2.05. The van der Waals surface area contributed by atoms with E-state index in [-0.39, 0.29) is 17.1 Å². The summed E-state index contributed by atoms with van der Waals surface area (Å²) >= 11 is 5.91. The van der Waals surface area contributed by atoms with Gasteiger partial charge in [-0.25, -0.2) is 12.8 Å². The van der Waals surface area contributed by atoms with Gasteiger partial charge in [0.1, 0.15) is 5.82 Å². The molecule has 110 valence electrons. The zero-order valence-corrected chi connectivity index (χ0v) is 12.7. The van der Waals surface area contributed by atoms with Crippen molar-refractivity contribution in [2.24, 2.45) is 0 Å². The number of rotatable bonds is 4. The highest BCUT2D eigenvalue weighted by molar-refractivity contribution is 7.90. The van der Waals surface area contributed by atoms with Crippen molar-refractivity contribution in [2.45, 2.75) is 11.3 Å². The summed E-state index contributed by atoms with van der Waals surface area (Å²) in [6, 6.07) is 9.44. The van der Waals surface area contributed by atoms with E-state index in [9.17, 15) is 17.6 Å². The van der Waals surface area contributed by atoms with Gasteiger partial charge in [-0.1, -0.05) is 23.7 Å². The fourth-order valence-electron chi connectivity index (χ4n) is 1.84. The Morgan fingerprint density at radius 3 is 2.33 bits per heavy atom. The van der Waals surface area contributed by atoms with Crippen LogP contribution in [0.15, 0.2) is 47.4 Å². The fraction of sp³-hybridized carbons (Fsp3) is 0.133. The molecule has 0 bridgehead atoms. The Kier molecular flexibility index (Phi) is 4.44. The first kappa shape index (κ1) is 15.7. The molecule has 0 spiro atoms. The van der Waals surface area contributed by atoms with Gasteiger partial charge in [0.25, 0.3) is 0 Å². The van der Waals surface area contributed by atoms with Crippen LogP contribution in [-0.4, -0.2) is 20.5 Å². The van der Waals surface area contributed by atoms with Crippen LogP contribution in [0, 0.1) is 5.82 Å². The smallest absolute Gasteiger partial charge is 0.175 e. The average molecular weight is 327 g/mol. The highest BCUT2D eigenvalue weighted by atomic mass is 35.5. The standard InChI is InChI=1S/C15H12ClFO3S/c1-21(19,20)13-5-2-10(3-6-13)15(18)9-11-8-12(17)4-7-14(11)16/h2-8H,9H2,1H3. The van der Waals surface area contributed by atoms with Crippen molar-refractivity contribution in [3.05, 3.63) is 64.4 Å². The van der Waals surface area contributed by atoms with E-state index in [0.717, 1.165) is 6.26 Å². The van der Waals surface area contributed by atoms with Crippen LogP contribution in [-0.2, 0) is 16.3 Å². The molecule has 6 heteroatoms. The second-order valence-electron chi connectivity index (χ2n) is 4.63. The van der Waals surface area contributed by atoms with Crippen LogP contribution in [0.1, 0.15) is 15.9 Å². The Bertz CT molecular complexity index is 783. The lowest BCUT2D eigenvalue weighted by Gasteiger charge is -2.05. The summed E-state index contributed by atoms with van der Waals surface area (Å²) in [5.41, 5.74) is 0.747. The molecule has 0 N–H and O–H groups in total. The van der Waals surface area contributed by atoms with Gasteiger partial charge in [-0.05, 0) is 35.9 Å². The first-order valence-electron chi connectivity index (χ1n) is 6.04. The molecule has 0 aliphatic heterocycles. The molecule has 0 radical (unpaired) electrons. The summed E-state index contributed by atoms with van der Waals surface area (Å²) in [6.45, 7) is 0. The Labute approximate surface area is 127 Å². The van der Waals surface area contributed by atoms with Crippen molar-refractivity contribution < 1.29 is 17.6 Å². The molecule has 0 aliphatic carbocycles. The third-order valence-corrected chi connectivity index (χ3v) is 4.46. The molecule has 0 aromatic heterocycles. The number of Topliss-reactive ketones (excluding diaryl/α,β-unsaturated/α-hetero) is 1. The number of sulfone groups is 1. The number of hydrogen-bond donors (Lipinski definition) is 0. The summed E-state index contributed by atoms with van der Waals surface area (Å²) in [7, 11) is -3.30. The topological polar surface area (TPSA) is 51.2 Å². The summed E-state index contributed by atoms with van der Waals surface area (Å²) in [5, 5.41) is 0.317. The van der Waals surface area contributed by atoms with E-state index in [2.05, 4.69) is 0 Å². The zero-order valence-electron chi connectivity index (χ0n) is 11.1. The third-order valence-electron chi connectivity index (χ3n) is 2.96. The molecule has 0 atom stereocenters. The van der Waals surface area contributed by atoms with Crippen molar-refractivity contribution >= 4 is 27.2 Å². The maximum atomic E-state index is 13.1. The average Bonchev–Trinajstić information content (AvgIpc) is 2.42. The van der Waals surface area contributed by atoms with Crippen LogP contribution in [0.3, 0.4) is 0 Å². The molecule has 2 rings (SSSR count). The van der Waals surface area contributed by atoms with Gasteiger partial charge in [0.2, 0.25) is 0 Å². The molecule has 0 amide bonds. The van der Waals surface area contributed by atoms with Crippen LogP contribution in [0.4, 0.5) is 4.39 Å². The van der Waals surface area contributed by atoms with Gasteiger partial charge in [-0.3, -0.25) is 4.79 Å². The minimum Gasteiger partial charge on any atom is -0.294 e. The Morgan fingerprint density at radius 2 is 1.76 bits per heavy atom. The zero-order chi connectivity index (χ0) is 15.6. The highest BCUT2D eigenvalue weighted by Crippen LogP contribution is 2.20. The van der Waals surface area contributed by atoms with Crippen molar-refractivity contribution in [1.82, 2.24) is 0 Å². The van der Waals surface area contributed by atoms with Gasteiger partial charge in [0.05, 0.1) is 4.90 Å². The van der Waals surface area contributed by atoms with Crippen LogP contribution in [0.2, 0.25) is 5.02 Å². The number of hydrogen-bond acceptors (Lipinski definition) is 3. The molecular formula is C15H12ClFO3S. The number of carbonyl (C=O) groups excluding carboxylic acids is 1. The second kappa shape index (κ2) is 5.95. The first-order valence-corrected chi connectivity index (χ1v) is 8.31. The number of ketones is 1. The monoisotopic (exact) mass is 326 g/mol. The summed E-state index contributed by atoms with van der Waals surface area (Å²) in [4.78, 5) is 12.2. The Morgan fingerprint density at radius 1 is 1.14 bits per heavy atom. The predicted octanol–water partition coefficient (Wildman–Crippen LogP) is 3.31. The second-order valence-corrected chi connectivity index (χ2v) is 7.06. The number of carbonyl (C=O) groups is 1. The van der Waals surface area contributed by atoms with E-state index in [1.807, 2.05) is 0 Å². The van der Waals surface area contributed by atoms with Crippen molar-refractivity contribution in [3.63, 3.8) is 0 Å². The van der Waals surface area contributed by atoms with Crippen molar-refractivity contribution in [1.29, 1.82) is 0 Å². The first-order chi connectivity index (χ1) is 9.77. The molecule has 3 nitrogen and oxygen atoms in total. The SMILES string of the molecule is CS(=O)(=O)c1ccc(C(=O)Cc2cc(F)ccc2Cl)cc1. The molecular weight excluding hydrogens is 315 g/mol. The summed E-state index contributed by atoms with van der Waals surface area (Å²) in [5.74, 6) is -0.725. The lowest BCUT2D eigenvalue weighted by molar-refractivity contribution is 0.0993. The van der Waals surface area contributed by atoms with Crippen molar-refractivity contribution in [3.8, 4) is 0 Å². The van der Waals surface area contributed by atoms with E-state index in [1.165, 1.54) is 42.5 Å². The van der Waals surface area contributed by atoms with Gasteiger partial charge < -0.3 is 0 Å². The van der Waals surface area contributed by atoms with Gasteiger partial charge in [0, 0.05) is 23.3 Å². The van der Waals surface area contributed by atoms with Gasteiger partial charge in [0.15, 0.2) is 15.6 Å². The highest BCUT2D eigenvalue weighted by Gasteiger charge is 2.12. The van der Waals surface area contributed by atoms with E-state index in [4.69, 9.17) is 11.6 Å². The lowest BCUT2D eigenvalue weighted by atomic mass is 10.0. The molecule has 0 fully saturated rings.